The number of rotatable bonds is 3. The van der Waals surface area contributed by atoms with Crippen molar-refractivity contribution in [2.75, 3.05) is 0 Å². The number of pyridine rings is 3. The molecule has 5 aromatic heterocycles. The zero-order valence-electron chi connectivity index (χ0n) is 28.8. The number of benzene rings is 2. The summed E-state index contributed by atoms with van der Waals surface area (Å²) in [6.07, 6.45) is 2.23. The third-order valence-electron chi connectivity index (χ3n) is 7.63. The molecular weight excluding hydrogens is 751 g/mol. The van der Waals surface area contributed by atoms with Gasteiger partial charge in [-0.15, -0.1) is 64.9 Å². The molecule has 0 fully saturated rings. The molecule has 1 radical (unpaired) electrons. The first kappa shape index (κ1) is 30.0. The molecule has 5 heterocycles. The molecule has 0 N–H and O–H groups in total. The van der Waals surface area contributed by atoms with Crippen LogP contribution in [0.25, 0.3) is 54.7 Å². The minimum Gasteiger partial charge on any atom is -0.486 e. The van der Waals surface area contributed by atoms with E-state index in [-0.39, 0.29) is 20.1 Å². The smallest absolute Gasteiger partial charge is 0.216 e. The molecule has 6 heteroatoms. The van der Waals surface area contributed by atoms with Crippen LogP contribution in [0.5, 0.6) is 0 Å². The van der Waals surface area contributed by atoms with E-state index in [1.54, 1.807) is 6.20 Å². The van der Waals surface area contributed by atoms with Gasteiger partial charge in [0, 0.05) is 61.6 Å². The molecule has 0 spiro atoms. The van der Waals surface area contributed by atoms with Crippen molar-refractivity contribution < 1.29 is 27.3 Å². The van der Waals surface area contributed by atoms with Crippen LogP contribution in [0.4, 0.5) is 0 Å². The topological polar surface area (TPSA) is 51.8 Å². The second kappa shape index (κ2) is 13.0. The van der Waals surface area contributed by atoms with Crippen molar-refractivity contribution in [1.29, 1.82) is 0 Å². The molecule has 231 valence electrons. The summed E-state index contributed by atoms with van der Waals surface area (Å²) in [6, 6.07) is 24.7. The zero-order valence-corrected chi connectivity index (χ0v) is 30.1. The molecule has 0 atom stereocenters. The quantitative estimate of drug-likeness (QED) is 0.167. The van der Waals surface area contributed by atoms with E-state index in [4.69, 9.17) is 7.16 Å². The Labute approximate surface area is 286 Å². The van der Waals surface area contributed by atoms with Crippen LogP contribution in [0, 0.1) is 52.2 Å². The van der Waals surface area contributed by atoms with Gasteiger partial charge in [0.05, 0.1) is 5.58 Å². The van der Waals surface area contributed by atoms with Crippen molar-refractivity contribution in [3.63, 3.8) is 0 Å². The van der Waals surface area contributed by atoms with Gasteiger partial charge in [0.2, 0.25) is 5.71 Å². The molecule has 0 bridgehead atoms. The van der Waals surface area contributed by atoms with Gasteiger partial charge in [0.25, 0.3) is 0 Å². The van der Waals surface area contributed by atoms with E-state index in [1.165, 1.54) is 28.0 Å². The molecule has 7 rings (SSSR count). The number of aromatic nitrogens is 3. The summed E-state index contributed by atoms with van der Waals surface area (Å²) in [4.78, 5) is 14.4. The Morgan fingerprint density at radius 2 is 1.69 bits per heavy atom. The Bertz CT molecular complexity index is 2230. The first-order valence-corrected chi connectivity index (χ1v) is 15.6. The fourth-order valence-corrected chi connectivity index (χ4v) is 6.52. The van der Waals surface area contributed by atoms with Gasteiger partial charge >= 0.3 is 0 Å². The minimum absolute atomic E-state index is 0. The van der Waals surface area contributed by atoms with Crippen LogP contribution in [-0.2, 0) is 26.5 Å². The van der Waals surface area contributed by atoms with Crippen LogP contribution in [-0.4, -0.2) is 15.0 Å². The Hall–Kier alpha value is -3.70. The number of furan rings is 1. The number of thiophene rings is 1. The van der Waals surface area contributed by atoms with Crippen molar-refractivity contribution in [3.8, 4) is 22.5 Å². The van der Waals surface area contributed by atoms with Crippen LogP contribution in [0.1, 0.15) is 56.3 Å². The number of aryl methyl sites for hydroxylation is 5. The van der Waals surface area contributed by atoms with Gasteiger partial charge in [-0.25, -0.2) is 4.98 Å². The monoisotopic (exact) mass is 790 g/mol. The fourth-order valence-electron chi connectivity index (χ4n) is 5.11. The molecule has 0 amide bonds. The Kier molecular flexibility index (Phi) is 8.63. The molecule has 0 unspecified atom stereocenters. The van der Waals surface area contributed by atoms with Crippen molar-refractivity contribution >= 4 is 43.5 Å². The molecule has 0 saturated heterocycles. The summed E-state index contributed by atoms with van der Waals surface area (Å²) in [5, 5.41) is 2.97. The van der Waals surface area contributed by atoms with E-state index in [9.17, 15) is 0 Å². The third kappa shape index (κ3) is 6.79. The van der Waals surface area contributed by atoms with E-state index in [2.05, 4.69) is 66.1 Å². The predicted octanol–water partition coefficient (Wildman–Crippen LogP) is 10.7. The van der Waals surface area contributed by atoms with E-state index >= 15 is 0 Å². The molecule has 2 aromatic carbocycles. The van der Waals surface area contributed by atoms with Crippen molar-refractivity contribution in [3.05, 3.63) is 112 Å². The van der Waals surface area contributed by atoms with Crippen LogP contribution >= 0.6 is 11.3 Å². The summed E-state index contributed by atoms with van der Waals surface area (Å²) in [6.45, 7) is 16.0. The molecule has 4 nitrogen and oxygen atoms in total. The average molecular weight is 790 g/mol. The van der Waals surface area contributed by atoms with Gasteiger partial charge in [-0.2, -0.15) is 0 Å². The molecule has 0 aliphatic rings. The number of hydrogen-bond donors (Lipinski definition) is 0. The Morgan fingerprint density at radius 1 is 0.889 bits per heavy atom. The van der Waals surface area contributed by atoms with Gasteiger partial charge in [-0.1, -0.05) is 50.3 Å². The summed E-state index contributed by atoms with van der Waals surface area (Å²) >= 11 is 1.48. The maximum atomic E-state index is 8.81. The van der Waals surface area contributed by atoms with E-state index in [0.717, 1.165) is 59.5 Å². The van der Waals surface area contributed by atoms with E-state index < -0.39 is 11.8 Å². The van der Waals surface area contributed by atoms with Gasteiger partial charge < -0.3 is 14.4 Å². The van der Waals surface area contributed by atoms with Crippen LogP contribution in [0.3, 0.4) is 0 Å². The standard InChI is InChI=1S/C25H23N2OS.C14H14N.Ir/c1-14-9-10-18-17-7-6-8-19(22(17)28-24(18)27-14)21-23-16(11-12-26-21)15(2)20(29-23)13-25(3,4)5;1-10-4-6-13(7-5-10)14-8-11(2)12(3)9-15-14;/h6-7,9-12H,13H2,1-5H3;4-6,8-9H,1-3H3;/q2*-1;/i13D2;;. The maximum Gasteiger partial charge on any atom is 0.216 e. The SMILES string of the molecule is Cc1c[c-]c(-c2cc(C)c(C)cn2)cc1.[2H]C([2H])(c1sc2c(-c3[c-]ccc4c3oc3nc(C)ccc34)nccc2c1C)C(C)(C)C.[Ir]. The molecular formula is C39H37IrN3OS-2. The third-order valence-corrected chi connectivity index (χ3v) is 8.86. The molecule has 0 aliphatic carbocycles. The van der Waals surface area contributed by atoms with Crippen molar-refractivity contribution in [2.24, 2.45) is 5.41 Å². The number of hydrogen-bond acceptors (Lipinski definition) is 5. The minimum atomic E-state index is -1.46. The Balaban J connectivity index is 0.000000228. The first-order valence-electron chi connectivity index (χ1n) is 15.8. The normalized spacial score (nSPS) is 12.4. The average Bonchev–Trinajstić information content (AvgIpc) is 3.56. The van der Waals surface area contributed by atoms with Gasteiger partial charge in [0.1, 0.15) is 0 Å². The van der Waals surface area contributed by atoms with E-state index in [1.807, 2.05) is 77.2 Å². The van der Waals surface area contributed by atoms with E-state index in [0.29, 0.717) is 11.3 Å². The van der Waals surface area contributed by atoms with Crippen LogP contribution in [0.15, 0.2) is 71.4 Å². The molecule has 45 heavy (non-hydrogen) atoms. The predicted molar refractivity (Wildman–Crippen MR) is 184 cm³/mol. The fraction of sp³-hybridized carbons (Fsp3) is 0.256. The first-order chi connectivity index (χ1) is 21.8. The second-order valence-electron chi connectivity index (χ2n) is 12.4. The second-order valence-corrected chi connectivity index (χ2v) is 13.4. The van der Waals surface area contributed by atoms with Gasteiger partial charge in [-0.3, -0.25) is 0 Å². The van der Waals surface area contributed by atoms with Crippen molar-refractivity contribution in [1.82, 2.24) is 15.0 Å². The molecule has 7 aromatic rings. The van der Waals surface area contributed by atoms with Crippen molar-refractivity contribution in [2.45, 2.75) is 61.8 Å². The van der Waals surface area contributed by atoms with Gasteiger partial charge in [0.15, 0.2) is 0 Å². The molecule has 0 aliphatic heterocycles. The maximum absolute atomic E-state index is 8.81. The largest absolute Gasteiger partial charge is 0.486 e. The van der Waals surface area contributed by atoms with Crippen LogP contribution < -0.4 is 0 Å². The summed E-state index contributed by atoms with van der Waals surface area (Å²) < 4.78 is 24.8. The molecule has 0 saturated carbocycles. The zero-order chi connectivity index (χ0) is 33.0. The number of nitrogens with zero attached hydrogens (tertiary/aromatic N) is 3. The number of fused-ring (bicyclic) bond motifs is 4. The summed E-state index contributed by atoms with van der Waals surface area (Å²) in [5.41, 5.74) is 9.99. The van der Waals surface area contributed by atoms with Crippen LogP contribution in [0.2, 0.25) is 0 Å². The van der Waals surface area contributed by atoms with Gasteiger partial charge in [-0.05, 0) is 79.9 Å². The summed E-state index contributed by atoms with van der Waals surface area (Å²) in [7, 11) is 0. The Morgan fingerprint density at radius 3 is 2.40 bits per heavy atom. The summed E-state index contributed by atoms with van der Waals surface area (Å²) in [5.74, 6) is 0.